The first-order chi connectivity index (χ1) is 16.0. The molecule has 2 atom stereocenters. The van der Waals surface area contributed by atoms with Gasteiger partial charge in [0.05, 0.1) is 0 Å². The molecule has 1 aliphatic rings. The summed E-state index contributed by atoms with van der Waals surface area (Å²) >= 11 is 0. The number of amides is 2. The summed E-state index contributed by atoms with van der Waals surface area (Å²) in [6.45, 7) is 2.20. The Morgan fingerprint density at radius 1 is 0.939 bits per heavy atom. The topological polar surface area (TPSA) is 114 Å². The van der Waals surface area contributed by atoms with Gasteiger partial charge in [-0.3, -0.25) is 4.79 Å². The molecule has 0 spiro atoms. The third-order valence-electron chi connectivity index (χ3n) is 5.75. The molecule has 3 N–H and O–H groups in total. The highest BCUT2D eigenvalue weighted by Crippen LogP contribution is 2.44. The number of carbonyl (C=O) groups excluding carboxylic acids is 2. The molecule has 8 nitrogen and oxygen atoms in total. The molecular weight excluding hydrogens is 424 g/mol. The Morgan fingerprint density at radius 2 is 1.55 bits per heavy atom. The molecule has 8 heteroatoms. The van der Waals surface area contributed by atoms with Crippen molar-refractivity contribution in [3.63, 3.8) is 0 Å². The number of benzene rings is 2. The van der Waals surface area contributed by atoms with Gasteiger partial charge >= 0.3 is 12.1 Å². The number of hydrogen-bond donors (Lipinski definition) is 3. The first-order valence-electron chi connectivity index (χ1n) is 11.1. The van der Waals surface area contributed by atoms with Crippen molar-refractivity contribution >= 4 is 18.0 Å². The van der Waals surface area contributed by atoms with Crippen molar-refractivity contribution in [1.29, 1.82) is 0 Å². The van der Waals surface area contributed by atoms with Crippen LogP contribution in [0.3, 0.4) is 0 Å². The minimum atomic E-state index is -1.16. The Hall–Kier alpha value is -3.39. The molecule has 0 heterocycles. The van der Waals surface area contributed by atoms with Crippen molar-refractivity contribution in [2.45, 2.75) is 44.2 Å². The number of carboxylic acid groups (broad SMARTS) is 1. The molecule has 3 rings (SSSR count). The van der Waals surface area contributed by atoms with Crippen LogP contribution in [0.2, 0.25) is 0 Å². The standard InChI is InChI=1S/C25H30N2O6/c1-3-8-21(23(28)26-22(24(29)30)13-14-32-2)27-25(31)33-15-20-18-11-6-4-9-16(18)17-10-5-7-12-19(17)20/h4-7,9-12,20-22H,3,8,13-15H2,1-2H3,(H,26,28)(H,27,31)(H,29,30). The molecule has 0 saturated carbocycles. The highest BCUT2D eigenvalue weighted by molar-refractivity contribution is 5.89. The van der Waals surface area contributed by atoms with Crippen LogP contribution in [-0.4, -0.2) is 55.5 Å². The number of hydrogen-bond acceptors (Lipinski definition) is 5. The van der Waals surface area contributed by atoms with Gasteiger partial charge < -0.3 is 25.2 Å². The van der Waals surface area contributed by atoms with Gasteiger partial charge in [-0.25, -0.2) is 9.59 Å². The van der Waals surface area contributed by atoms with E-state index in [1.165, 1.54) is 7.11 Å². The average Bonchev–Trinajstić information content (AvgIpc) is 3.13. The zero-order valence-corrected chi connectivity index (χ0v) is 18.9. The summed E-state index contributed by atoms with van der Waals surface area (Å²) in [6, 6.07) is 14.1. The molecule has 33 heavy (non-hydrogen) atoms. The van der Waals surface area contributed by atoms with Crippen molar-refractivity contribution in [1.82, 2.24) is 10.6 Å². The lowest BCUT2D eigenvalue weighted by molar-refractivity contribution is -0.142. The molecule has 0 aliphatic heterocycles. The lowest BCUT2D eigenvalue weighted by Crippen LogP contribution is -2.52. The average molecular weight is 455 g/mol. The summed E-state index contributed by atoms with van der Waals surface area (Å²) in [7, 11) is 1.46. The zero-order chi connectivity index (χ0) is 23.8. The predicted octanol–water partition coefficient (Wildman–Crippen LogP) is 3.30. The van der Waals surface area contributed by atoms with Gasteiger partial charge in [0.15, 0.2) is 0 Å². The van der Waals surface area contributed by atoms with E-state index in [-0.39, 0.29) is 25.6 Å². The number of alkyl carbamates (subject to hydrolysis) is 1. The molecule has 0 radical (unpaired) electrons. The maximum Gasteiger partial charge on any atom is 0.407 e. The monoisotopic (exact) mass is 454 g/mol. The Balaban J connectivity index is 1.62. The van der Waals surface area contributed by atoms with Gasteiger partial charge in [-0.2, -0.15) is 0 Å². The molecule has 0 bridgehead atoms. The fourth-order valence-corrected chi connectivity index (χ4v) is 4.11. The molecule has 1 aliphatic carbocycles. The lowest BCUT2D eigenvalue weighted by Gasteiger charge is -2.21. The lowest BCUT2D eigenvalue weighted by atomic mass is 9.98. The Bertz CT molecular complexity index is 947. The first kappa shape index (κ1) is 24.3. The van der Waals surface area contributed by atoms with E-state index in [9.17, 15) is 19.5 Å². The van der Waals surface area contributed by atoms with E-state index in [4.69, 9.17) is 9.47 Å². The molecule has 2 aromatic rings. The number of aliphatic carboxylic acids is 1. The fourth-order valence-electron chi connectivity index (χ4n) is 4.11. The maximum absolute atomic E-state index is 12.6. The van der Waals surface area contributed by atoms with E-state index in [1.807, 2.05) is 43.3 Å². The molecular formula is C25H30N2O6. The predicted molar refractivity (Wildman–Crippen MR) is 123 cm³/mol. The van der Waals surface area contributed by atoms with Crippen molar-refractivity contribution in [3.8, 4) is 11.1 Å². The van der Waals surface area contributed by atoms with Crippen LogP contribution in [0.4, 0.5) is 4.79 Å². The van der Waals surface area contributed by atoms with Gasteiger partial charge in [0, 0.05) is 26.1 Å². The fraction of sp³-hybridized carbons (Fsp3) is 0.400. The minimum absolute atomic E-state index is 0.0907. The number of rotatable bonds is 11. The van der Waals surface area contributed by atoms with Crippen LogP contribution in [0.25, 0.3) is 11.1 Å². The zero-order valence-electron chi connectivity index (χ0n) is 18.9. The summed E-state index contributed by atoms with van der Waals surface area (Å²) in [5.41, 5.74) is 4.44. The Labute approximate surface area is 193 Å². The number of ether oxygens (including phenoxy) is 2. The van der Waals surface area contributed by atoms with E-state index in [0.717, 1.165) is 22.3 Å². The number of carboxylic acids is 1. The summed E-state index contributed by atoms with van der Waals surface area (Å²) in [6.07, 6.45) is 0.389. The van der Waals surface area contributed by atoms with Crippen LogP contribution in [0.1, 0.15) is 43.2 Å². The molecule has 0 fully saturated rings. The SMILES string of the molecule is CCCC(NC(=O)OCC1c2ccccc2-c2ccccc21)C(=O)NC(CCOC)C(=O)O. The second kappa shape index (κ2) is 11.5. The maximum atomic E-state index is 12.6. The van der Waals surface area contributed by atoms with E-state index in [1.54, 1.807) is 0 Å². The summed E-state index contributed by atoms with van der Waals surface area (Å²) < 4.78 is 10.4. The van der Waals surface area contributed by atoms with Crippen molar-refractivity contribution < 1.29 is 29.0 Å². The van der Waals surface area contributed by atoms with Crippen LogP contribution in [0.5, 0.6) is 0 Å². The second-order valence-corrected chi connectivity index (χ2v) is 7.99. The van der Waals surface area contributed by atoms with Crippen molar-refractivity contribution in [2.24, 2.45) is 0 Å². The summed E-state index contributed by atoms with van der Waals surface area (Å²) in [5, 5.41) is 14.4. The minimum Gasteiger partial charge on any atom is -0.480 e. The van der Waals surface area contributed by atoms with Gasteiger partial charge in [0.2, 0.25) is 5.91 Å². The van der Waals surface area contributed by atoms with Gasteiger partial charge in [0.1, 0.15) is 18.7 Å². The second-order valence-electron chi connectivity index (χ2n) is 7.99. The summed E-state index contributed by atoms with van der Waals surface area (Å²) in [5.74, 6) is -1.81. The number of fused-ring (bicyclic) bond motifs is 3. The van der Waals surface area contributed by atoms with Crippen LogP contribution >= 0.6 is 0 Å². The smallest absolute Gasteiger partial charge is 0.407 e. The number of methoxy groups -OCH3 is 1. The number of carbonyl (C=O) groups is 3. The quantitative estimate of drug-likeness (QED) is 0.480. The molecule has 176 valence electrons. The third kappa shape index (κ3) is 5.90. The highest BCUT2D eigenvalue weighted by atomic mass is 16.5. The van der Waals surface area contributed by atoms with Crippen molar-refractivity contribution in [2.75, 3.05) is 20.3 Å². The normalized spacial score (nSPS) is 14.0. The molecule has 0 saturated heterocycles. The van der Waals surface area contributed by atoms with Gasteiger partial charge in [0.25, 0.3) is 0 Å². The van der Waals surface area contributed by atoms with Crippen LogP contribution < -0.4 is 10.6 Å². The molecule has 0 aromatic heterocycles. The number of nitrogens with one attached hydrogen (secondary N) is 2. The van der Waals surface area contributed by atoms with E-state index in [0.29, 0.717) is 12.8 Å². The van der Waals surface area contributed by atoms with Gasteiger partial charge in [-0.05, 0) is 28.7 Å². The Kier molecular flexibility index (Phi) is 8.43. The highest BCUT2D eigenvalue weighted by Gasteiger charge is 2.30. The Morgan fingerprint density at radius 3 is 2.09 bits per heavy atom. The van der Waals surface area contributed by atoms with Crippen molar-refractivity contribution in [3.05, 3.63) is 59.7 Å². The van der Waals surface area contributed by atoms with Crippen LogP contribution in [0.15, 0.2) is 48.5 Å². The van der Waals surface area contributed by atoms with Crippen LogP contribution in [-0.2, 0) is 19.1 Å². The van der Waals surface area contributed by atoms with E-state index < -0.39 is 30.1 Å². The molecule has 2 amide bonds. The summed E-state index contributed by atoms with van der Waals surface area (Å²) in [4.78, 5) is 36.6. The third-order valence-corrected chi connectivity index (χ3v) is 5.75. The van der Waals surface area contributed by atoms with E-state index >= 15 is 0 Å². The first-order valence-corrected chi connectivity index (χ1v) is 11.1. The largest absolute Gasteiger partial charge is 0.480 e. The van der Waals surface area contributed by atoms with Crippen LogP contribution in [0, 0.1) is 0 Å². The van der Waals surface area contributed by atoms with E-state index in [2.05, 4.69) is 22.8 Å². The molecule has 2 unspecified atom stereocenters. The van der Waals surface area contributed by atoms with Gasteiger partial charge in [-0.1, -0.05) is 61.9 Å². The molecule has 2 aromatic carbocycles. The van der Waals surface area contributed by atoms with Gasteiger partial charge in [-0.15, -0.1) is 0 Å².